The highest BCUT2D eigenvalue weighted by molar-refractivity contribution is 5.85. The van der Waals surface area contributed by atoms with Crippen molar-refractivity contribution < 1.29 is 4.74 Å². The molecular formula is C15H20ClN3O. The third-order valence-corrected chi connectivity index (χ3v) is 3.87. The number of halogens is 1. The van der Waals surface area contributed by atoms with Gasteiger partial charge in [-0.1, -0.05) is 0 Å². The van der Waals surface area contributed by atoms with Crippen LogP contribution in [0, 0.1) is 0 Å². The molecule has 1 aromatic heterocycles. The molecule has 5 heteroatoms. The Morgan fingerprint density at radius 2 is 2.20 bits per heavy atom. The topological polar surface area (TPSA) is 37.4 Å². The molecule has 0 saturated carbocycles. The van der Waals surface area contributed by atoms with Gasteiger partial charge in [0, 0.05) is 31.1 Å². The van der Waals surface area contributed by atoms with Gasteiger partial charge in [-0.3, -0.25) is 4.98 Å². The molecule has 1 fully saturated rings. The number of benzene rings is 1. The lowest BCUT2D eigenvalue weighted by Gasteiger charge is -2.25. The summed E-state index contributed by atoms with van der Waals surface area (Å²) in [6.07, 6.45) is 3.14. The largest absolute Gasteiger partial charge is 0.497 e. The van der Waals surface area contributed by atoms with Crippen LogP contribution in [0.4, 0.5) is 5.69 Å². The van der Waals surface area contributed by atoms with Gasteiger partial charge in [0.05, 0.1) is 24.5 Å². The zero-order valence-electron chi connectivity index (χ0n) is 11.8. The monoisotopic (exact) mass is 293 g/mol. The summed E-state index contributed by atoms with van der Waals surface area (Å²) >= 11 is 0. The molecule has 2 heterocycles. The number of pyridine rings is 1. The Kier molecular flexibility index (Phi) is 4.68. The van der Waals surface area contributed by atoms with Crippen molar-refractivity contribution in [3.8, 4) is 5.75 Å². The van der Waals surface area contributed by atoms with Crippen molar-refractivity contribution >= 4 is 29.0 Å². The van der Waals surface area contributed by atoms with Gasteiger partial charge in [0.25, 0.3) is 0 Å². The highest BCUT2D eigenvalue weighted by Crippen LogP contribution is 2.24. The molecule has 20 heavy (non-hydrogen) atoms. The predicted molar refractivity (Wildman–Crippen MR) is 85.2 cm³/mol. The lowest BCUT2D eigenvalue weighted by molar-refractivity contribution is 0.415. The smallest absolute Gasteiger partial charge is 0.121 e. The third kappa shape index (κ3) is 2.81. The number of nitrogens with zero attached hydrogens (tertiary/aromatic N) is 2. The molecule has 1 N–H and O–H groups in total. The van der Waals surface area contributed by atoms with E-state index in [1.165, 1.54) is 12.1 Å². The van der Waals surface area contributed by atoms with Crippen LogP contribution in [0.5, 0.6) is 5.75 Å². The lowest BCUT2D eigenvalue weighted by atomic mass is 10.1. The standard InChI is InChI=1S/C15H19N3O.ClH/c1-18(12-5-6-16-9-12)13-7-11-3-4-14(19-2)8-15(11)17-10-13;/h3-4,7-8,10,12,16H,5-6,9H2,1-2H3;1H. The summed E-state index contributed by atoms with van der Waals surface area (Å²) in [6.45, 7) is 2.16. The molecular weight excluding hydrogens is 274 g/mol. The van der Waals surface area contributed by atoms with Gasteiger partial charge in [0.15, 0.2) is 0 Å². The number of rotatable bonds is 3. The first kappa shape index (κ1) is 14.9. The van der Waals surface area contributed by atoms with Crippen molar-refractivity contribution in [1.29, 1.82) is 0 Å². The molecule has 1 aliphatic heterocycles. The van der Waals surface area contributed by atoms with Crippen LogP contribution >= 0.6 is 12.4 Å². The van der Waals surface area contributed by atoms with Crippen molar-refractivity contribution in [2.75, 3.05) is 32.1 Å². The van der Waals surface area contributed by atoms with E-state index in [1.54, 1.807) is 7.11 Å². The zero-order valence-corrected chi connectivity index (χ0v) is 12.6. The number of nitrogens with one attached hydrogen (secondary N) is 1. The van der Waals surface area contributed by atoms with E-state index in [-0.39, 0.29) is 12.4 Å². The van der Waals surface area contributed by atoms with Gasteiger partial charge in [-0.05, 0) is 31.2 Å². The highest BCUT2D eigenvalue weighted by Gasteiger charge is 2.19. The zero-order chi connectivity index (χ0) is 13.2. The van der Waals surface area contributed by atoms with E-state index < -0.39 is 0 Å². The van der Waals surface area contributed by atoms with Crippen molar-refractivity contribution in [3.05, 3.63) is 30.5 Å². The molecule has 1 aromatic carbocycles. The van der Waals surface area contributed by atoms with Crippen LogP contribution < -0.4 is 15.0 Å². The fraction of sp³-hybridized carbons (Fsp3) is 0.400. The number of hydrogen-bond donors (Lipinski definition) is 1. The highest BCUT2D eigenvalue weighted by atomic mass is 35.5. The number of likely N-dealkylation sites (N-methyl/N-ethyl adjacent to an activating group) is 1. The van der Waals surface area contributed by atoms with E-state index in [2.05, 4.69) is 34.4 Å². The SMILES string of the molecule is COc1ccc2cc(N(C)C3CCNC3)cnc2c1.Cl. The van der Waals surface area contributed by atoms with Crippen LogP contribution in [0.3, 0.4) is 0 Å². The van der Waals surface area contributed by atoms with Crippen LogP contribution in [0.2, 0.25) is 0 Å². The van der Waals surface area contributed by atoms with Gasteiger partial charge in [0.1, 0.15) is 5.75 Å². The van der Waals surface area contributed by atoms with E-state index in [1.807, 2.05) is 18.3 Å². The van der Waals surface area contributed by atoms with Crippen LogP contribution in [-0.4, -0.2) is 38.3 Å². The maximum Gasteiger partial charge on any atom is 0.121 e. The van der Waals surface area contributed by atoms with Gasteiger partial charge in [-0.15, -0.1) is 12.4 Å². The van der Waals surface area contributed by atoms with Crippen LogP contribution in [-0.2, 0) is 0 Å². The Morgan fingerprint density at radius 1 is 1.35 bits per heavy atom. The van der Waals surface area contributed by atoms with Gasteiger partial charge in [-0.2, -0.15) is 0 Å². The maximum absolute atomic E-state index is 5.22. The second-order valence-electron chi connectivity index (χ2n) is 5.01. The lowest BCUT2D eigenvalue weighted by Crippen LogP contribution is -2.33. The van der Waals surface area contributed by atoms with Gasteiger partial charge in [-0.25, -0.2) is 0 Å². The van der Waals surface area contributed by atoms with E-state index in [9.17, 15) is 0 Å². The molecule has 3 rings (SSSR count). The maximum atomic E-state index is 5.22. The predicted octanol–water partition coefficient (Wildman–Crippen LogP) is 2.46. The van der Waals surface area contributed by atoms with Gasteiger partial charge < -0.3 is 15.0 Å². The molecule has 0 spiro atoms. The number of anilines is 1. The molecule has 0 aliphatic carbocycles. The molecule has 108 valence electrons. The quantitative estimate of drug-likeness (QED) is 0.943. The van der Waals surface area contributed by atoms with E-state index in [0.717, 1.165) is 29.7 Å². The molecule has 1 saturated heterocycles. The summed E-state index contributed by atoms with van der Waals surface area (Å²) in [5.74, 6) is 0.848. The number of ether oxygens (including phenoxy) is 1. The third-order valence-electron chi connectivity index (χ3n) is 3.87. The van der Waals surface area contributed by atoms with Crippen molar-refractivity contribution in [2.45, 2.75) is 12.5 Å². The number of hydrogen-bond acceptors (Lipinski definition) is 4. The summed E-state index contributed by atoms with van der Waals surface area (Å²) in [4.78, 5) is 6.86. The first-order valence-electron chi connectivity index (χ1n) is 6.65. The Bertz CT molecular complexity index is 584. The molecule has 0 amide bonds. The average molecular weight is 294 g/mol. The number of fused-ring (bicyclic) bond motifs is 1. The molecule has 1 unspecified atom stereocenters. The van der Waals surface area contributed by atoms with Crippen LogP contribution in [0.15, 0.2) is 30.5 Å². The van der Waals surface area contributed by atoms with Crippen molar-refractivity contribution in [2.24, 2.45) is 0 Å². The minimum atomic E-state index is 0. The van der Waals surface area contributed by atoms with Gasteiger partial charge in [0.2, 0.25) is 0 Å². The fourth-order valence-electron chi connectivity index (χ4n) is 2.59. The summed E-state index contributed by atoms with van der Waals surface area (Å²) in [5.41, 5.74) is 2.15. The second-order valence-corrected chi connectivity index (χ2v) is 5.01. The van der Waals surface area contributed by atoms with E-state index >= 15 is 0 Å². The summed E-state index contributed by atoms with van der Waals surface area (Å²) in [6, 6.07) is 8.77. The number of aromatic nitrogens is 1. The van der Waals surface area contributed by atoms with Crippen LogP contribution in [0.1, 0.15) is 6.42 Å². The first-order chi connectivity index (χ1) is 9.28. The average Bonchev–Trinajstić information content (AvgIpc) is 2.99. The normalized spacial score (nSPS) is 17.8. The molecule has 2 aromatic rings. The summed E-state index contributed by atoms with van der Waals surface area (Å²) < 4.78 is 5.22. The Hall–Kier alpha value is -1.52. The molecule has 1 aliphatic rings. The van der Waals surface area contributed by atoms with Crippen LogP contribution in [0.25, 0.3) is 10.9 Å². The first-order valence-corrected chi connectivity index (χ1v) is 6.65. The minimum absolute atomic E-state index is 0. The fourth-order valence-corrected chi connectivity index (χ4v) is 2.59. The van der Waals surface area contributed by atoms with E-state index in [0.29, 0.717) is 6.04 Å². The molecule has 1 atom stereocenters. The van der Waals surface area contributed by atoms with Gasteiger partial charge >= 0.3 is 0 Å². The summed E-state index contributed by atoms with van der Waals surface area (Å²) in [7, 11) is 3.82. The van der Waals surface area contributed by atoms with Crippen molar-refractivity contribution in [3.63, 3.8) is 0 Å². The number of methoxy groups -OCH3 is 1. The van der Waals surface area contributed by atoms with Crippen molar-refractivity contribution in [1.82, 2.24) is 10.3 Å². The molecule has 0 radical (unpaired) electrons. The second kappa shape index (κ2) is 6.29. The summed E-state index contributed by atoms with van der Waals surface area (Å²) in [5, 5.41) is 4.55. The Labute approximate surface area is 125 Å². The minimum Gasteiger partial charge on any atom is -0.497 e. The molecule has 0 bridgehead atoms. The Balaban J connectivity index is 0.00000147. The molecule has 4 nitrogen and oxygen atoms in total. The Morgan fingerprint density at radius 3 is 2.90 bits per heavy atom. The van der Waals surface area contributed by atoms with E-state index in [4.69, 9.17) is 4.74 Å².